The van der Waals surface area contributed by atoms with E-state index in [1.165, 1.54) is 24.3 Å². The minimum Gasteiger partial charge on any atom is -0.268 e. The first kappa shape index (κ1) is 18.6. The van der Waals surface area contributed by atoms with Crippen molar-refractivity contribution >= 4 is 31.9 Å². The summed E-state index contributed by atoms with van der Waals surface area (Å²) in [5.74, 6) is -1.18. The highest BCUT2D eigenvalue weighted by Gasteiger charge is 2.42. The third kappa shape index (κ3) is 2.63. The van der Waals surface area contributed by atoms with E-state index in [9.17, 15) is 26.4 Å². The zero-order valence-electron chi connectivity index (χ0n) is 14.6. The molecule has 0 aromatic heterocycles. The van der Waals surface area contributed by atoms with Gasteiger partial charge in [0.25, 0.3) is 31.9 Å². The second-order valence-electron chi connectivity index (χ2n) is 6.46. The van der Waals surface area contributed by atoms with Gasteiger partial charge in [-0.05, 0) is 37.1 Å². The summed E-state index contributed by atoms with van der Waals surface area (Å²) >= 11 is 0. The highest BCUT2D eigenvalue weighted by Crippen LogP contribution is 2.31. The normalized spacial score (nSPS) is 19.0. The number of sulfonamides is 2. The van der Waals surface area contributed by atoms with E-state index < -0.39 is 31.9 Å². The Labute approximate surface area is 162 Å². The second-order valence-corrected chi connectivity index (χ2v) is 10.1. The van der Waals surface area contributed by atoms with E-state index >= 15 is 0 Å². The average molecular weight is 420 g/mol. The van der Waals surface area contributed by atoms with Crippen LogP contribution in [-0.2, 0) is 20.0 Å². The van der Waals surface area contributed by atoms with Gasteiger partial charge < -0.3 is 0 Å². The fourth-order valence-corrected chi connectivity index (χ4v) is 6.63. The third-order valence-electron chi connectivity index (χ3n) is 4.80. The molecular weight excluding hydrogens is 404 g/mol. The molecule has 2 aliphatic heterocycles. The number of benzene rings is 2. The summed E-state index contributed by atoms with van der Waals surface area (Å²) < 4.78 is 51.6. The summed E-state index contributed by atoms with van der Waals surface area (Å²) in [5, 5.41) is 0. The van der Waals surface area contributed by atoms with Gasteiger partial charge >= 0.3 is 0 Å². The molecule has 2 aromatic rings. The minimum absolute atomic E-state index is 0.0206. The molecule has 0 spiro atoms. The maximum Gasteiger partial charge on any atom is 0.269 e. The predicted molar refractivity (Wildman–Crippen MR) is 98.6 cm³/mol. The molecule has 0 unspecified atom stereocenters. The molecule has 2 aromatic carbocycles. The van der Waals surface area contributed by atoms with Crippen LogP contribution in [0.15, 0.2) is 58.3 Å². The Hall–Kier alpha value is -2.72. The molecule has 2 heterocycles. The van der Waals surface area contributed by atoms with E-state index in [-0.39, 0.29) is 46.8 Å². The lowest BCUT2D eigenvalue weighted by Gasteiger charge is -2.17. The van der Waals surface area contributed by atoms with Crippen LogP contribution in [0, 0.1) is 0 Å². The third-order valence-corrected chi connectivity index (χ3v) is 8.48. The number of hydrogen-bond acceptors (Lipinski definition) is 6. The minimum atomic E-state index is -3.89. The zero-order chi connectivity index (χ0) is 20.1. The monoisotopic (exact) mass is 420 g/mol. The molecule has 0 radical (unpaired) electrons. The lowest BCUT2D eigenvalue weighted by atomic mass is 10.2. The fourth-order valence-electron chi connectivity index (χ4n) is 3.42. The van der Waals surface area contributed by atoms with Gasteiger partial charge in [-0.2, -0.15) is 0 Å². The largest absolute Gasteiger partial charge is 0.269 e. The zero-order valence-corrected chi connectivity index (χ0v) is 16.2. The Balaban J connectivity index is 1.43. The molecular formula is C18H16N2O6S2. The number of rotatable bonds is 5. The molecule has 2 aliphatic rings. The molecule has 0 aliphatic carbocycles. The molecule has 146 valence electrons. The topological polar surface area (TPSA) is 109 Å². The summed E-state index contributed by atoms with van der Waals surface area (Å²) in [6, 6.07) is 12.0. The molecule has 28 heavy (non-hydrogen) atoms. The fraction of sp³-hybridized carbons (Fsp3) is 0.222. The smallest absolute Gasteiger partial charge is 0.268 e. The van der Waals surface area contributed by atoms with Crippen molar-refractivity contribution in [1.29, 1.82) is 0 Å². The highest BCUT2D eigenvalue weighted by molar-refractivity contribution is 7.90. The highest BCUT2D eigenvalue weighted by atomic mass is 32.2. The molecule has 10 heteroatoms. The van der Waals surface area contributed by atoms with Crippen molar-refractivity contribution < 1.29 is 26.4 Å². The summed E-state index contributed by atoms with van der Waals surface area (Å²) in [6.07, 6.45) is 0.462. The van der Waals surface area contributed by atoms with Crippen LogP contribution in [0.3, 0.4) is 0 Å². The Morgan fingerprint density at radius 2 is 0.964 bits per heavy atom. The van der Waals surface area contributed by atoms with Crippen molar-refractivity contribution in [3.8, 4) is 0 Å². The molecule has 0 saturated carbocycles. The molecule has 0 atom stereocenters. The number of fused-ring (bicyclic) bond motifs is 2. The van der Waals surface area contributed by atoms with E-state index in [0.29, 0.717) is 0 Å². The van der Waals surface area contributed by atoms with Gasteiger partial charge in [0.15, 0.2) is 0 Å². The first-order valence-corrected chi connectivity index (χ1v) is 11.5. The van der Waals surface area contributed by atoms with Gasteiger partial charge in [-0.1, -0.05) is 24.3 Å². The van der Waals surface area contributed by atoms with Gasteiger partial charge in [0, 0.05) is 13.1 Å². The maximum atomic E-state index is 12.5. The Morgan fingerprint density at radius 1 is 0.607 bits per heavy atom. The Kier molecular flexibility index (Phi) is 4.27. The molecule has 0 fully saturated rings. The van der Waals surface area contributed by atoms with Crippen LogP contribution in [0.2, 0.25) is 0 Å². The van der Waals surface area contributed by atoms with E-state index in [0.717, 1.165) is 8.61 Å². The Morgan fingerprint density at radius 3 is 1.32 bits per heavy atom. The summed E-state index contributed by atoms with van der Waals surface area (Å²) in [4.78, 5) is 24.7. The molecule has 8 nitrogen and oxygen atoms in total. The molecule has 0 N–H and O–H groups in total. The van der Waals surface area contributed by atoms with Crippen molar-refractivity contribution in [1.82, 2.24) is 8.61 Å². The second kappa shape index (κ2) is 6.42. The van der Waals surface area contributed by atoms with Gasteiger partial charge in [0.05, 0.1) is 11.1 Å². The number of carbonyl (C=O) groups is 2. The standard InChI is InChI=1S/C18H16N2O6S2/c21-17-13-7-1-3-9-15(13)27(23,24)19(17)11-5-6-12-20-18(22)14-8-2-4-10-16(14)28(20,25)26/h1-4,7-10H,5-6,11-12H2. The van der Waals surface area contributed by atoms with Crippen LogP contribution < -0.4 is 0 Å². The van der Waals surface area contributed by atoms with Crippen molar-refractivity contribution in [2.24, 2.45) is 0 Å². The predicted octanol–water partition coefficient (Wildman–Crippen LogP) is 1.46. The van der Waals surface area contributed by atoms with Crippen LogP contribution in [0.5, 0.6) is 0 Å². The van der Waals surface area contributed by atoms with Crippen molar-refractivity contribution in [2.75, 3.05) is 13.1 Å². The van der Waals surface area contributed by atoms with Crippen LogP contribution in [0.4, 0.5) is 0 Å². The quantitative estimate of drug-likeness (QED) is 0.678. The summed E-state index contributed by atoms with van der Waals surface area (Å²) in [5.41, 5.74) is 0.269. The summed E-state index contributed by atoms with van der Waals surface area (Å²) in [7, 11) is -7.77. The van der Waals surface area contributed by atoms with E-state index in [1.807, 2.05) is 0 Å². The SMILES string of the molecule is O=C1c2ccccc2S(=O)(=O)N1CCCCN1C(=O)c2ccccc2S1(=O)=O. The van der Waals surface area contributed by atoms with E-state index in [2.05, 4.69) is 0 Å². The van der Waals surface area contributed by atoms with E-state index in [4.69, 9.17) is 0 Å². The molecule has 0 saturated heterocycles. The lowest BCUT2D eigenvalue weighted by molar-refractivity contribution is 0.0849. The average Bonchev–Trinajstić information content (AvgIpc) is 2.99. The van der Waals surface area contributed by atoms with E-state index in [1.54, 1.807) is 24.3 Å². The van der Waals surface area contributed by atoms with Crippen LogP contribution in [0.25, 0.3) is 0 Å². The van der Waals surface area contributed by atoms with Crippen LogP contribution >= 0.6 is 0 Å². The molecule has 2 amide bonds. The van der Waals surface area contributed by atoms with Crippen molar-refractivity contribution in [3.05, 3.63) is 59.7 Å². The number of hydrogen-bond donors (Lipinski definition) is 0. The van der Waals surface area contributed by atoms with Gasteiger partial charge in [0.1, 0.15) is 9.79 Å². The van der Waals surface area contributed by atoms with Gasteiger partial charge in [0.2, 0.25) is 0 Å². The number of carbonyl (C=O) groups excluding carboxylic acids is 2. The molecule has 4 rings (SSSR count). The first-order chi connectivity index (χ1) is 13.3. The number of amides is 2. The number of unbranched alkanes of at least 4 members (excludes halogenated alkanes) is 1. The van der Waals surface area contributed by atoms with Crippen LogP contribution in [0.1, 0.15) is 33.6 Å². The van der Waals surface area contributed by atoms with Gasteiger partial charge in [-0.25, -0.2) is 25.4 Å². The van der Waals surface area contributed by atoms with Gasteiger partial charge in [-0.3, -0.25) is 9.59 Å². The molecule has 0 bridgehead atoms. The maximum absolute atomic E-state index is 12.5. The van der Waals surface area contributed by atoms with Crippen LogP contribution in [-0.4, -0.2) is 50.3 Å². The summed E-state index contributed by atoms with van der Waals surface area (Å²) in [6.45, 7) is -0.157. The van der Waals surface area contributed by atoms with Crippen molar-refractivity contribution in [2.45, 2.75) is 22.6 Å². The first-order valence-electron chi connectivity index (χ1n) is 8.58. The van der Waals surface area contributed by atoms with Gasteiger partial charge in [-0.15, -0.1) is 0 Å². The number of nitrogens with zero attached hydrogens (tertiary/aromatic N) is 2. The Bertz CT molecular complexity index is 1110. The van der Waals surface area contributed by atoms with Crippen molar-refractivity contribution in [3.63, 3.8) is 0 Å². The lowest BCUT2D eigenvalue weighted by Crippen LogP contribution is -2.33.